The summed E-state index contributed by atoms with van der Waals surface area (Å²) in [6.45, 7) is 2.02. The molecule has 20 heavy (non-hydrogen) atoms. The fourth-order valence-electron chi connectivity index (χ4n) is 3.54. The average Bonchev–Trinajstić information content (AvgIpc) is 2.90. The first-order chi connectivity index (χ1) is 9.76. The van der Waals surface area contributed by atoms with Gasteiger partial charge < -0.3 is 5.32 Å². The normalized spacial score (nSPS) is 25.1. The molecule has 1 aliphatic carbocycles. The molecule has 1 amide bonds. The van der Waals surface area contributed by atoms with E-state index < -0.39 is 0 Å². The molecule has 1 N–H and O–H groups in total. The molecule has 1 atom stereocenters. The summed E-state index contributed by atoms with van der Waals surface area (Å²) in [4.78, 5) is 16.7. The monoisotopic (exact) mass is 270 g/mol. The highest BCUT2D eigenvalue weighted by atomic mass is 16.2. The molecule has 2 aliphatic rings. The lowest BCUT2D eigenvalue weighted by Gasteiger charge is -2.37. The molecule has 3 heteroatoms. The molecule has 1 unspecified atom stereocenters. The van der Waals surface area contributed by atoms with Crippen LogP contribution in [-0.2, 0) is 10.2 Å². The second-order valence-electron chi connectivity index (χ2n) is 5.90. The molecular weight excluding hydrogens is 248 g/mol. The summed E-state index contributed by atoms with van der Waals surface area (Å²) in [5, 5.41) is 3.07. The van der Waals surface area contributed by atoms with Gasteiger partial charge in [0.25, 0.3) is 0 Å². The van der Waals surface area contributed by atoms with Crippen LogP contribution in [0.3, 0.4) is 0 Å². The Kier molecular flexibility index (Phi) is 3.60. The van der Waals surface area contributed by atoms with Gasteiger partial charge in [-0.15, -0.1) is 0 Å². The van der Waals surface area contributed by atoms with Crippen LogP contribution in [0.1, 0.15) is 51.0 Å². The van der Waals surface area contributed by atoms with Gasteiger partial charge in [0.1, 0.15) is 11.9 Å². The maximum absolute atomic E-state index is 12.0. The Bertz CT molecular complexity index is 515. The smallest absolute Gasteiger partial charge is 0.250 e. The van der Waals surface area contributed by atoms with Crippen LogP contribution in [0.2, 0.25) is 0 Å². The number of benzene rings is 1. The molecule has 3 nitrogen and oxygen atoms in total. The first kappa shape index (κ1) is 13.3. The van der Waals surface area contributed by atoms with Crippen molar-refractivity contribution in [3.63, 3.8) is 0 Å². The third kappa shape index (κ3) is 2.15. The van der Waals surface area contributed by atoms with E-state index in [1.165, 1.54) is 24.8 Å². The number of amides is 1. The molecule has 1 aromatic carbocycles. The van der Waals surface area contributed by atoms with E-state index in [2.05, 4.69) is 29.6 Å². The summed E-state index contributed by atoms with van der Waals surface area (Å²) in [7, 11) is 0. The Labute approximate surface area is 120 Å². The maximum Gasteiger partial charge on any atom is 0.250 e. The molecule has 0 aromatic heterocycles. The van der Waals surface area contributed by atoms with Crippen LogP contribution in [0.25, 0.3) is 0 Å². The second-order valence-corrected chi connectivity index (χ2v) is 5.90. The molecule has 1 heterocycles. The van der Waals surface area contributed by atoms with Crippen molar-refractivity contribution in [1.82, 2.24) is 5.32 Å². The van der Waals surface area contributed by atoms with Crippen molar-refractivity contribution in [2.75, 3.05) is 0 Å². The van der Waals surface area contributed by atoms with Gasteiger partial charge in [0.15, 0.2) is 0 Å². The highest BCUT2D eigenvalue weighted by Crippen LogP contribution is 2.41. The Morgan fingerprint density at radius 1 is 1.20 bits per heavy atom. The van der Waals surface area contributed by atoms with Crippen molar-refractivity contribution in [3.8, 4) is 0 Å². The first-order valence-electron chi connectivity index (χ1n) is 7.71. The molecule has 0 spiro atoms. The third-order valence-electron chi connectivity index (χ3n) is 4.70. The molecule has 0 saturated heterocycles. The van der Waals surface area contributed by atoms with Gasteiger partial charge in [-0.25, -0.2) is 0 Å². The Hall–Kier alpha value is -1.64. The molecule has 106 valence electrons. The van der Waals surface area contributed by atoms with Crippen molar-refractivity contribution < 1.29 is 4.79 Å². The topological polar surface area (TPSA) is 41.5 Å². The summed E-state index contributed by atoms with van der Waals surface area (Å²) in [5.41, 5.74) is 1.23. The number of hydrogen-bond donors (Lipinski definition) is 1. The van der Waals surface area contributed by atoms with E-state index in [4.69, 9.17) is 4.99 Å². The molecule has 0 bridgehead atoms. The maximum atomic E-state index is 12.0. The number of hydrogen-bond acceptors (Lipinski definition) is 2. The number of rotatable bonds is 3. The van der Waals surface area contributed by atoms with Gasteiger partial charge in [-0.2, -0.15) is 0 Å². The zero-order chi connectivity index (χ0) is 14.0. The Morgan fingerprint density at radius 2 is 1.90 bits per heavy atom. The van der Waals surface area contributed by atoms with Gasteiger partial charge in [-0.3, -0.25) is 9.79 Å². The summed E-state index contributed by atoms with van der Waals surface area (Å²) in [6.07, 6.45) is 6.66. The van der Waals surface area contributed by atoms with Crippen LogP contribution in [-0.4, -0.2) is 17.8 Å². The van der Waals surface area contributed by atoms with Crippen molar-refractivity contribution in [3.05, 3.63) is 35.9 Å². The van der Waals surface area contributed by atoms with Gasteiger partial charge in [0, 0.05) is 0 Å². The summed E-state index contributed by atoms with van der Waals surface area (Å²) >= 11 is 0. The van der Waals surface area contributed by atoms with Gasteiger partial charge in [-0.1, -0.05) is 56.5 Å². The van der Waals surface area contributed by atoms with Crippen LogP contribution >= 0.6 is 0 Å². The molecule has 3 rings (SSSR count). The van der Waals surface area contributed by atoms with Crippen molar-refractivity contribution in [1.29, 1.82) is 0 Å². The molecular formula is C17H22N2O. The van der Waals surface area contributed by atoms with Crippen LogP contribution in [0.5, 0.6) is 0 Å². The quantitative estimate of drug-likeness (QED) is 0.900. The molecule has 1 aromatic rings. The first-order valence-corrected chi connectivity index (χ1v) is 7.71. The minimum Gasteiger partial charge on any atom is -0.312 e. The molecule has 1 fully saturated rings. The Morgan fingerprint density at radius 3 is 2.50 bits per heavy atom. The van der Waals surface area contributed by atoms with Crippen LogP contribution in [0.15, 0.2) is 35.3 Å². The van der Waals surface area contributed by atoms with E-state index in [9.17, 15) is 4.79 Å². The predicted molar refractivity (Wildman–Crippen MR) is 80.9 cm³/mol. The van der Waals surface area contributed by atoms with E-state index in [1.807, 2.05) is 13.0 Å². The SMILES string of the molecule is CCC1N=C(C2(c3ccccc3)CCCCC2)NC1=O. The minimum atomic E-state index is -0.187. The van der Waals surface area contributed by atoms with E-state index in [-0.39, 0.29) is 17.4 Å². The van der Waals surface area contributed by atoms with Crippen LogP contribution < -0.4 is 5.32 Å². The van der Waals surface area contributed by atoms with Crippen molar-refractivity contribution in [2.45, 2.75) is 56.9 Å². The lowest BCUT2D eigenvalue weighted by molar-refractivity contribution is -0.120. The molecule has 0 radical (unpaired) electrons. The van der Waals surface area contributed by atoms with Crippen molar-refractivity contribution >= 4 is 11.7 Å². The Balaban J connectivity index is 2.01. The van der Waals surface area contributed by atoms with Gasteiger partial charge in [-0.05, 0) is 24.8 Å². The standard InChI is InChI=1S/C17H22N2O/c1-2-14-15(20)19-16(18-14)17(11-7-4-8-12-17)13-9-5-3-6-10-13/h3,5-6,9-10,14H,2,4,7-8,11-12H2,1H3,(H,18,19,20). The van der Waals surface area contributed by atoms with E-state index in [0.717, 1.165) is 25.1 Å². The molecule has 1 saturated carbocycles. The fraction of sp³-hybridized carbons (Fsp3) is 0.529. The number of aliphatic imine (C=N–C) groups is 1. The number of carbonyl (C=O) groups is 1. The lowest BCUT2D eigenvalue weighted by atomic mass is 9.68. The van der Waals surface area contributed by atoms with Gasteiger partial charge in [0.2, 0.25) is 5.91 Å². The third-order valence-corrected chi connectivity index (χ3v) is 4.70. The fourth-order valence-corrected chi connectivity index (χ4v) is 3.54. The van der Waals surface area contributed by atoms with Gasteiger partial charge in [0.05, 0.1) is 5.41 Å². The number of nitrogens with zero attached hydrogens (tertiary/aromatic N) is 1. The molecule has 1 aliphatic heterocycles. The summed E-state index contributed by atoms with van der Waals surface area (Å²) < 4.78 is 0. The highest BCUT2D eigenvalue weighted by Gasteiger charge is 2.43. The summed E-state index contributed by atoms with van der Waals surface area (Å²) in [6, 6.07) is 10.4. The van der Waals surface area contributed by atoms with E-state index >= 15 is 0 Å². The number of nitrogens with one attached hydrogen (secondary N) is 1. The van der Waals surface area contributed by atoms with E-state index in [0.29, 0.717) is 0 Å². The zero-order valence-electron chi connectivity index (χ0n) is 12.1. The largest absolute Gasteiger partial charge is 0.312 e. The number of amidine groups is 1. The van der Waals surface area contributed by atoms with Crippen molar-refractivity contribution in [2.24, 2.45) is 4.99 Å². The van der Waals surface area contributed by atoms with E-state index in [1.54, 1.807) is 0 Å². The van der Waals surface area contributed by atoms with Crippen LogP contribution in [0, 0.1) is 0 Å². The summed E-state index contributed by atoms with van der Waals surface area (Å²) in [5.74, 6) is 0.989. The average molecular weight is 270 g/mol. The second kappa shape index (κ2) is 5.39. The lowest BCUT2D eigenvalue weighted by Crippen LogP contribution is -2.45. The predicted octanol–water partition coefficient (Wildman–Crippen LogP) is 3.20. The zero-order valence-corrected chi connectivity index (χ0v) is 12.1. The minimum absolute atomic E-state index is 0.0703. The van der Waals surface area contributed by atoms with Gasteiger partial charge >= 0.3 is 0 Å². The highest BCUT2D eigenvalue weighted by molar-refractivity contribution is 6.10. The number of carbonyl (C=O) groups excluding carboxylic acids is 1. The van der Waals surface area contributed by atoms with Crippen LogP contribution in [0.4, 0.5) is 0 Å².